The van der Waals surface area contributed by atoms with Gasteiger partial charge < -0.3 is 19.0 Å². The molecule has 0 unspecified atom stereocenters. The fraction of sp³-hybridized carbons (Fsp3) is 0.235. The maximum atomic E-state index is 12.5. The monoisotopic (exact) mass is 361 g/mol. The number of carbonyl (C=O) groups is 1. The summed E-state index contributed by atoms with van der Waals surface area (Å²) in [4.78, 5) is 11.4. The first-order chi connectivity index (χ1) is 12.0. The van der Waals surface area contributed by atoms with Gasteiger partial charge in [0.1, 0.15) is 23.9 Å². The van der Waals surface area contributed by atoms with E-state index in [1.807, 2.05) is 0 Å². The van der Waals surface area contributed by atoms with Crippen LogP contribution in [-0.2, 0) is 21.3 Å². The number of amides is 1. The lowest BCUT2D eigenvalue weighted by molar-refractivity contribution is -0.116. The van der Waals surface area contributed by atoms with Crippen molar-refractivity contribution in [2.45, 2.75) is 17.7 Å². The van der Waals surface area contributed by atoms with Gasteiger partial charge in [-0.1, -0.05) is 0 Å². The molecule has 0 bridgehead atoms. The lowest BCUT2D eigenvalue weighted by atomic mass is 10.0. The van der Waals surface area contributed by atoms with Crippen molar-refractivity contribution in [1.82, 2.24) is 0 Å². The van der Waals surface area contributed by atoms with Crippen LogP contribution in [0.1, 0.15) is 12.0 Å². The lowest BCUT2D eigenvalue weighted by Crippen LogP contribution is -2.19. The van der Waals surface area contributed by atoms with Crippen molar-refractivity contribution in [3.8, 4) is 17.2 Å². The van der Waals surface area contributed by atoms with Gasteiger partial charge in [-0.25, -0.2) is 0 Å². The van der Waals surface area contributed by atoms with E-state index in [0.29, 0.717) is 43.2 Å². The Bertz CT molecular complexity index is 954. The van der Waals surface area contributed by atoms with Crippen LogP contribution in [0.3, 0.4) is 0 Å². The molecule has 0 aliphatic carbocycles. The van der Waals surface area contributed by atoms with Gasteiger partial charge in [0.15, 0.2) is 11.5 Å². The Kier molecular flexibility index (Phi) is 3.76. The van der Waals surface area contributed by atoms with Crippen LogP contribution >= 0.6 is 0 Å². The largest absolute Gasteiger partial charge is 0.486 e. The molecule has 1 N–H and O–H groups in total. The molecule has 8 heteroatoms. The van der Waals surface area contributed by atoms with Crippen molar-refractivity contribution < 1.29 is 26.9 Å². The molecule has 2 aliphatic heterocycles. The minimum atomic E-state index is -4.01. The summed E-state index contributed by atoms with van der Waals surface area (Å²) in [5.74, 6) is 1.04. The highest BCUT2D eigenvalue weighted by Crippen LogP contribution is 2.34. The van der Waals surface area contributed by atoms with Gasteiger partial charge in [-0.3, -0.25) is 4.79 Å². The van der Waals surface area contributed by atoms with Crippen molar-refractivity contribution in [2.75, 3.05) is 18.5 Å². The lowest BCUT2D eigenvalue weighted by Gasteiger charge is -2.19. The molecule has 2 aliphatic rings. The third-order valence-electron chi connectivity index (χ3n) is 3.98. The van der Waals surface area contributed by atoms with Crippen LogP contribution in [0.25, 0.3) is 0 Å². The maximum absolute atomic E-state index is 12.5. The zero-order chi connectivity index (χ0) is 17.4. The van der Waals surface area contributed by atoms with Crippen LogP contribution < -0.4 is 19.0 Å². The van der Waals surface area contributed by atoms with Crippen LogP contribution in [0.2, 0.25) is 0 Å². The smallest absolute Gasteiger partial charge is 0.339 e. The molecular weight excluding hydrogens is 346 g/mol. The Morgan fingerprint density at radius 1 is 0.960 bits per heavy atom. The van der Waals surface area contributed by atoms with Crippen molar-refractivity contribution in [2.24, 2.45) is 0 Å². The summed E-state index contributed by atoms with van der Waals surface area (Å²) in [5, 5.41) is 2.74. The molecule has 25 heavy (non-hydrogen) atoms. The van der Waals surface area contributed by atoms with Crippen molar-refractivity contribution in [3.63, 3.8) is 0 Å². The van der Waals surface area contributed by atoms with Gasteiger partial charge in [0.05, 0.1) is 0 Å². The minimum absolute atomic E-state index is 0.0113. The van der Waals surface area contributed by atoms with E-state index < -0.39 is 10.1 Å². The van der Waals surface area contributed by atoms with Crippen molar-refractivity contribution in [3.05, 3.63) is 42.0 Å². The number of nitrogens with one attached hydrogen (secondary N) is 1. The number of anilines is 1. The summed E-state index contributed by atoms with van der Waals surface area (Å²) in [6.07, 6.45) is 0.911. The molecular formula is C17H15NO6S. The number of hydrogen-bond donors (Lipinski definition) is 1. The Morgan fingerprint density at radius 2 is 1.76 bits per heavy atom. The van der Waals surface area contributed by atoms with Gasteiger partial charge in [-0.05, 0) is 42.3 Å². The quantitative estimate of drug-likeness (QED) is 0.842. The van der Waals surface area contributed by atoms with E-state index in [-0.39, 0.29) is 16.6 Å². The average molecular weight is 361 g/mol. The predicted octanol–water partition coefficient (Wildman–Crippen LogP) is 2.11. The third kappa shape index (κ3) is 3.12. The number of carbonyl (C=O) groups excluding carboxylic acids is 1. The molecule has 0 spiro atoms. The number of hydrogen-bond acceptors (Lipinski definition) is 6. The van der Waals surface area contributed by atoms with Crippen LogP contribution in [0.15, 0.2) is 41.3 Å². The van der Waals surface area contributed by atoms with E-state index in [1.54, 1.807) is 18.2 Å². The van der Waals surface area contributed by atoms with Gasteiger partial charge in [-0.15, -0.1) is 0 Å². The Balaban J connectivity index is 1.60. The number of ether oxygens (including phenoxy) is 2. The summed E-state index contributed by atoms with van der Waals surface area (Å²) in [7, 11) is -4.01. The topological polar surface area (TPSA) is 90.9 Å². The zero-order valence-corrected chi connectivity index (χ0v) is 14.0. The van der Waals surface area contributed by atoms with Crippen LogP contribution in [0.5, 0.6) is 17.2 Å². The molecule has 0 saturated carbocycles. The second kappa shape index (κ2) is 5.96. The van der Waals surface area contributed by atoms with Crippen molar-refractivity contribution >= 4 is 21.7 Å². The molecule has 0 atom stereocenters. The van der Waals surface area contributed by atoms with Crippen molar-refractivity contribution in [1.29, 1.82) is 0 Å². The standard InChI is InChI=1S/C17H15NO6S/c19-17-6-1-11-9-12(2-4-14(11)18-17)24-25(20,21)13-3-5-15-16(10-13)23-8-7-22-15/h2-5,9-10H,1,6-8H2,(H,18,19). The second-order valence-electron chi connectivity index (χ2n) is 5.71. The van der Waals surface area contributed by atoms with Gasteiger partial charge >= 0.3 is 10.1 Å². The normalized spacial score (nSPS) is 15.9. The Hall–Kier alpha value is -2.74. The fourth-order valence-electron chi connectivity index (χ4n) is 2.77. The molecule has 2 aromatic rings. The van der Waals surface area contributed by atoms with E-state index in [9.17, 15) is 13.2 Å². The second-order valence-corrected chi connectivity index (χ2v) is 7.26. The number of rotatable bonds is 3. The van der Waals surface area contributed by atoms with Gasteiger partial charge in [0.25, 0.3) is 0 Å². The third-order valence-corrected chi connectivity index (χ3v) is 5.22. The maximum Gasteiger partial charge on any atom is 0.339 e. The zero-order valence-electron chi connectivity index (χ0n) is 13.2. The minimum Gasteiger partial charge on any atom is -0.486 e. The molecule has 7 nitrogen and oxygen atoms in total. The molecule has 1 amide bonds. The van der Waals surface area contributed by atoms with E-state index in [0.717, 1.165) is 5.56 Å². The fourth-order valence-corrected chi connectivity index (χ4v) is 3.70. The first-order valence-electron chi connectivity index (χ1n) is 7.78. The molecule has 2 heterocycles. The highest BCUT2D eigenvalue weighted by atomic mass is 32.2. The van der Waals surface area contributed by atoms with E-state index in [4.69, 9.17) is 13.7 Å². The summed E-state index contributed by atoms with van der Waals surface area (Å²) in [6, 6.07) is 9.14. The van der Waals surface area contributed by atoms with Gasteiger partial charge in [0, 0.05) is 18.2 Å². The van der Waals surface area contributed by atoms with Crippen LogP contribution in [0, 0.1) is 0 Å². The van der Waals surface area contributed by atoms with Crippen LogP contribution in [-0.4, -0.2) is 27.5 Å². The molecule has 0 saturated heterocycles. The Morgan fingerprint density at radius 3 is 2.60 bits per heavy atom. The molecule has 4 rings (SSSR count). The molecule has 130 valence electrons. The molecule has 2 aromatic carbocycles. The summed E-state index contributed by atoms with van der Waals surface area (Å²) >= 11 is 0. The van der Waals surface area contributed by atoms with Gasteiger partial charge in [0.2, 0.25) is 5.91 Å². The first-order valence-corrected chi connectivity index (χ1v) is 9.19. The summed E-state index contributed by atoms with van der Waals surface area (Å²) in [6.45, 7) is 0.801. The highest BCUT2D eigenvalue weighted by molar-refractivity contribution is 7.87. The molecule has 0 aromatic heterocycles. The molecule has 0 radical (unpaired) electrons. The van der Waals surface area contributed by atoms with E-state index in [2.05, 4.69) is 5.32 Å². The van der Waals surface area contributed by atoms with E-state index in [1.165, 1.54) is 18.2 Å². The Labute approximate surface area is 144 Å². The van der Waals surface area contributed by atoms with E-state index >= 15 is 0 Å². The number of aryl methyl sites for hydroxylation is 1. The predicted molar refractivity (Wildman–Crippen MR) is 88.6 cm³/mol. The molecule has 0 fully saturated rings. The van der Waals surface area contributed by atoms with Gasteiger partial charge in [-0.2, -0.15) is 8.42 Å². The highest BCUT2D eigenvalue weighted by Gasteiger charge is 2.22. The first kappa shape index (κ1) is 15.8. The SMILES string of the molecule is O=C1CCc2cc(OS(=O)(=O)c3ccc4c(c3)OCCO4)ccc2N1. The number of benzene rings is 2. The summed E-state index contributed by atoms with van der Waals surface area (Å²) < 4.78 is 41.1. The average Bonchev–Trinajstić information content (AvgIpc) is 2.61. The number of fused-ring (bicyclic) bond motifs is 2. The van der Waals surface area contributed by atoms with Crippen LogP contribution in [0.4, 0.5) is 5.69 Å². The summed E-state index contributed by atoms with van der Waals surface area (Å²) in [5.41, 5.74) is 1.52.